The number of carbonyl (C=O) groups excluding carboxylic acids is 1. The first-order valence-corrected chi connectivity index (χ1v) is 11.5. The molecule has 7 nitrogen and oxygen atoms in total. The number of aromatic amines is 1. The van der Waals surface area contributed by atoms with Crippen molar-refractivity contribution < 1.29 is 9.18 Å². The van der Waals surface area contributed by atoms with Crippen molar-refractivity contribution in [3.63, 3.8) is 0 Å². The number of nitrogens with zero attached hydrogens (tertiary/aromatic N) is 3. The standard InChI is InChI=1S/C24H24ClFN6O/c25-15-10-16-17(12-28-21(16)27-11-15)22-29-13-18(26)23(32-22)30-19-8-4-5-9-20(19)31-24(33)14-6-2-1-3-7-14/h1-2,6,10-13,19-20H,3-5,7-9H2,(H,27,28)(H,31,33)(H,29,30,32). The molecule has 170 valence electrons. The SMILES string of the molecule is O=C(NC1CCCCC1Nc1nc(-c2c[nH]c3ncc(Cl)cc23)ncc1F)C1=CC=CCC1. The summed E-state index contributed by atoms with van der Waals surface area (Å²) in [6.45, 7) is 0. The maximum Gasteiger partial charge on any atom is 0.247 e. The Kier molecular flexibility index (Phi) is 6.09. The number of hydrogen-bond acceptors (Lipinski definition) is 5. The van der Waals surface area contributed by atoms with Crippen molar-refractivity contribution in [3.05, 3.63) is 59.3 Å². The molecular weight excluding hydrogens is 443 g/mol. The molecule has 1 saturated carbocycles. The van der Waals surface area contributed by atoms with Gasteiger partial charge in [0.25, 0.3) is 0 Å². The number of allylic oxidation sites excluding steroid dienone is 3. The lowest BCUT2D eigenvalue weighted by atomic mass is 9.89. The van der Waals surface area contributed by atoms with Gasteiger partial charge in [-0.1, -0.05) is 42.7 Å². The van der Waals surface area contributed by atoms with Gasteiger partial charge in [0.1, 0.15) is 5.65 Å². The van der Waals surface area contributed by atoms with Crippen LogP contribution in [-0.2, 0) is 4.79 Å². The number of pyridine rings is 1. The number of H-pyrrole nitrogens is 1. The van der Waals surface area contributed by atoms with E-state index in [1.54, 1.807) is 18.5 Å². The predicted molar refractivity (Wildman–Crippen MR) is 126 cm³/mol. The molecular formula is C24H24ClFN6O. The van der Waals surface area contributed by atoms with Crippen molar-refractivity contribution in [3.8, 4) is 11.4 Å². The highest BCUT2D eigenvalue weighted by Crippen LogP contribution is 2.29. The summed E-state index contributed by atoms with van der Waals surface area (Å²) in [6, 6.07) is 1.54. The Morgan fingerprint density at radius 3 is 2.85 bits per heavy atom. The Labute approximate surface area is 195 Å². The minimum absolute atomic E-state index is 0.0509. The van der Waals surface area contributed by atoms with Gasteiger partial charge in [-0.05, 0) is 31.7 Å². The maximum atomic E-state index is 14.7. The average molecular weight is 467 g/mol. The first-order chi connectivity index (χ1) is 16.1. The van der Waals surface area contributed by atoms with Crippen LogP contribution in [-0.4, -0.2) is 37.9 Å². The third-order valence-corrected chi connectivity index (χ3v) is 6.40. The molecule has 0 radical (unpaired) electrons. The van der Waals surface area contributed by atoms with E-state index in [0.29, 0.717) is 22.1 Å². The monoisotopic (exact) mass is 466 g/mol. The van der Waals surface area contributed by atoms with E-state index in [9.17, 15) is 9.18 Å². The minimum Gasteiger partial charge on any atom is -0.363 e. The summed E-state index contributed by atoms with van der Waals surface area (Å²) in [7, 11) is 0. The van der Waals surface area contributed by atoms with Gasteiger partial charge >= 0.3 is 0 Å². The molecule has 9 heteroatoms. The smallest absolute Gasteiger partial charge is 0.247 e. The van der Waals surface area contributed by atoms with Gasteiger partial charge in [0, 0.05) is 41.0 Å². The van der Waals surface area contributed by atoms with Gasteiger partial charge in [-0.15, -0.1) is 0 Å². The van der Waals surface area contributed by atoms with Crippen LogP contribution in [0.3, 0.4) is 0 Å². The van der Waals surface area contributed by atoms with Crippen LogP contribution in [0, 0.1) is 5.82 Å². The molecule has 0 spiro atoms. The molecule has 2 atom stereocenters. The highest BCUT2D eigenvalue weighted by atomic mass is 35.5. The summed E-state index contributed by atoms with van der Waals surface area (Å²) in [4.78, 5) is 28.7. The largest absolute Gasteiger partial charge is 0.363 e. The van der Waals surface area contributed by atoms with E-state index in [1.807, 2.05) is 12.2 Å². The zero-order chi connectivity index (χ0) is 22.8. The number of halogens is 2. The molecule has 0 saturated heterocycles. The molecule has 0 aromatic carbocycles. The van der Waals surface area contributed by atoms with Gasteiger partial charge in [0.15, 0.2) is 17.5 Å². The molecule has 0 aliphatic heterocycles. The van der Waals surface area contributed by atoms with Crippen molar-refractivity contribution in [2.45, 2.75) is 50.6 Å². The Bertz CT molecular complexity index is 1250. The van der Waals surface area contributed by atoms with E-state index in [0.717, 1.165) is 55.7 Å². The van der Waals surface area contributed by atoms with Crippen molar-refractivity contribution >= 4 is 34.4 Å². The Balaban J connectivity index is 1.38. The van der Waals surface area contributed by atoms with Crippen LogP contribution in [0.2, 0.25) is 5.02 Å². The van der Waals surface area contributed by atoms with Crippen molar-refractivity contribution in [2.75, 3.05) is 5.32 Å². The summed E-state index contributed by atoms with van der Waals surface area (Å²) in [5.41, 5.74) is 2.12. The molecule has 3 N–H and O–H groups in total. The lowest BCUT2D eigenvalue weighted by Gasteiger charge is -2.33. The zero-order valence-electron chi connectivity index (χ0n) is 17.9. The van der Waals surface area contributed by atoms with Crippen LogP contribution in [0.4, 0.5) is 10.2 Å². The van der Waals surface area contributed by atoms with E-state index in [2.05, 4.69) is 36.6 Å². The lowest BCUT2D eigenvalue weighted by molar-refractivity contribution is -0.118. The molecule has 2 aliphatic carbocycles. The third kappa shape index (κ3) is 4.61. The number of anilines is 1. The fraction of sp³-hybridized carbons (Fsp3) is 0.333. The Hall–Kier alpha value is -3.26. The molecule has 1 fully saturated rings. The van der Waals surface area contributed by atoms with Gasteiger partial charge in [0.2, 0.25) is 5.91 Å². The molecule has 3 heterocycles. The van der Waals surface area contributed by atoms with Gasteiger partial charge in [-0.3, -0.25) is 4.79 Å². The molecule has 2 unspecified atom stereocenters. The molecule has 3 aromatic rings. The molecule has 33 heavy (non-hydrogen) atoms. The fourth-order valence-electron chi connectivity index (χ4n) is 4.47. The highest BCUT2D eigenvalue weighted by Gasteiger charge is 2.28. The van der Waals surface area contributed by atoms with Crippen LogP contribution in [0.1, 0.15) is 38.5 Å². The molecule has 0 bridgehead atoms. The third-order valence-electron chi connectivity index (χ3n) is 6.19. The second kappa shape index (κ2) is 9.31. The number of aromatic nitrogens is 4. The predicted octanol–water partition coefficient (Wildman–Crippen LogP) is 4.93. The van der Waals surface area contributed by atoms with E-state index < -0.39 is 5.82 Å². The Morgan fingerprint density at radius 2 is 2.03 bits per heavy atom. The van der Waals surface area contributed by atoms with E-state index in [-0.39, 0.29) is 23.8 Å². The quantitative estimate of drug-likeness (QED) is 0.495. The minimum atomic E-state index is -0.537. The van der Waals surface area contributed by atoms with Crippen LogP contribution < -0.4 is 10.6 Å². The molecule has 2 aliphatic rings. The molecule has 5 rings (SSSR count). The number of amides is 1. The fourth-order valence-corrected chi connectivity index (χ4v) is 4.62. The number of nitrogens with one attached hydrogen (secondary N) is 3. The molecule has 3 aromatic heterocycles. The highest BCUT2D eigenvalue weighted by molar-refractivity contribution is 6.31. The van der Waals surface area contributed by atoms with Gasteiger partial charge in [-0.2, -0.15) is 0 Å². The summed E-state index contributed by atoms with van der Waals surface area (Å²) in [6.07, 6.45) is 15.6. The van der Waals surface area contributed by atoms with Crippen molar-refractivity contribution in [2.24, 2.45) is 0 Å². The van der Waals surface area contributed by atoms with Crippen molar-refractivity contribution in [1.82, 2.24) is 25.3 Å². The van der Waals surface area contributed by atoms with E-state index in [1.165, 1.54) is 0 Å². The van der Waals surface area contributed by atoms with Crippen LogP contribution in [0.5, 0.6) is 0 Å². The van der Waals surface area contributed by atoms with Crippen LogP contribution in [0.15, 0.2) is 48.5 Å². The normalized spacial score (nSPS) is 20.5. The number of rotatable bonds is 5. The first kappa shape index (κ1) is 21.6. The number of fused-ring (bicyclic) bond motifs is 1. The second-order valence-corrected chi connectivity index (χ2v) is 8.85. The number of hydrogen-bond donors (Lipinski definition) is 3. The van der Waals surface area contributed by atoms with Gasteiger partial charge in [-0.25, -0.2) is 19.3 Å². The van der Waals surface area contributed by atoms with Crippen LogP contribution >= 0.6 is 11.6 Å². The number of carbonyl (C=O) groups is 1. The van der Waals surface area contributed by atoms with E-state index in [4.69, 9.17) is 11.6 Å². The van der Waals surface area contributed by atoms with Crippen LogP contribution in [0.25, 0.3) is 22.4 Å². The summed E-state index contributed by atoms with van der Waals surface area (Å²) in [5.74, 6) is -0.101. The van der Waals surface area contributed by atoms with E-state index >= 15 is 0 Å². The van der Waals surface area contributed by atoms with Crippen molar-refractivity contribution in [1.29, 1.82) is 0 Å². The summed E-state index contributed by atoms with van der Waals surface area (Å²) < 4.78 is 14.7. The second-order valence-electron chi connectivity index (χ2n) is 8.42. The zero-order valence-corrected chi connectivity index (χ0v) is 18.7. The topological polar surface area (TPSA) is 95.6 Å². The maximum absolute atomic E-state index is 14.7. The van der Waals surface area contributed by atoms with Gasteiger partial charge in [0.05, 0.1) is 11.2 Å². The molecule has 1 amide bonds. The summed E-state index contributed by atoms with van der Waals surface area (Å²) >= 11 is 6.10. The first-order valence-electron chi connectivity index (χ1n) is 11.2. The lowest BCUT2D eigenvalue weighted by Crippen LogP contribution is -2.49. The average Bonchev–Trinajstić information content (AvgIpc) is 3.25. The summed E-state index contributed by atoms with van der Waals surface area (Å²) in [5, 5.41) is 7.65. The Morgan fingerprint density at radius 1 is 1.18 bits per heavy atom. The van der Waals surface area contributed by atoms with Gasteiger partial charge < -0.3 is 15.6 Å².